The molecule has 0 unspecified atom stereocenters. The number of nitrogens with zero attached hydrogens (tertiary/aromatic N) is 2. The molecule has 0 bridgehead atoms. The molecule has 44 heavy (non-hydrogen) atoms. The first-order chi connectivity index (χ1) is 20.8. The molecule has 0 N–H and O–H groups in total. The smallest absolute Gasteiger partial charge is 0.350 e. The monoisotopic (exact) mass is 616 g/mol. The summed E-state index contributed by atoms with van der Waals surface area (Å²) < 4.78 is 40.1. The summed E-state index contributed by atoms with van der Waals surface area (Å²) in [5.41, 5.74) is -2.89. The van der Waals surface area contributed by atoms with Crippen molar-refractivity contribution in [2.45, 2.75) is 82.9 Å². The van der Waals surface area contributed by atoms with Gasteiger partial charge in [-0.1, -0.05) is 18.1 Å². The molecular weight excluding hydrogens is 576 g/mol. The first-order valence-corrected chi connectivity index (χ1v) is 14.6. The standard InChI is InChI=1S/C31H40N2O11/c1-8-30(42-20(4)34)23(41-25-24(30)43-29(5,6)44-25)19-40-31(26(35)38-9-2,27(36)39-10-3)18-21-12-14-22(15-13-21)33-17-11-16-32(7)28(33)37/h1,12-15,23-25H,9-11,16-19H2,2-7H3/t23-,24+,25-,30-/m1/s1. The highest BCUT2D eigenvalue weighted by molar-refractivity contribution is 6.04. The van der Waals surface area contributed by atoms with Crippen molar-refractivity contribution in [3.63, 3.8) is 0 Å². The van der Waals surface area contributed by atoms with E-state index in [0.29, 0.717) is 24.3 Å². The summed E-state index contributed by atoms with van der Waals surface area (Å²) >= 11 is 0. The Balaban J connectivity index is 1.66. The summed E-state index contributed by atoms with van der Waals surface area (Å²) in [7, 11) is 1.74. The fraction of sp³-hybridized carbons (Fsp3) is 0.613. The molecule has 0 radical (unpaired) electrons. The highest BCUT2D eigenvalue weighted by Gasteiger charge is 2.66. The second-order valence-corrected chi connectivity index (χ2v) is 11.2. The maximum atomic E-state index is 13.6. The topological polar surface area (TPSA) is 139 Å². The lowest BCUT2D eigenvalue weighted by Gasteiger charge is -2.35. The molecule has 3 aliphatic rings. The van der Waals surface area contributed by atoms with Gasteiger partial charge in [0, 0.05) is 39.2 Å². The van der Waals surface area contributed by atoms with Gasteiger partial charge in [0.15, 0.2) is 18.2 Å². The van der Waals surface area contributed by atoms with Gasteiger partial charge in [0.2, 0.25) is 5.60 Å². The Hall–Kier alpha value is -3.70. The fourth-order valence-electron chi connectivity index (χ4n) is 5.59. The number of amides is 2. The Morgan fingerprint density at radius 1 is 1.07 bits per heavy atom. The number of carbonyl (C=O) groups is 4. The van der Waals surface area contributed by atoms with Gasteiger partial charge in [0.1, 0.15) is 6.10 Å². The molecule has 0 spiro atoms. The Morgan fingerprint density at radius 3 is 2.27 bits per heavy atom. The maximum absolute atomic E-state index is 13.6. The SMILES string of the molecule is C#C[C@@]1(OC(C)=O)[C@@H](COC(Cc2ccc(N3CCCN(C)C3=O)cc2)(C(=O)OCC)C(=O)OCC)O[C@@H]2OC(C)(C)O[C@@H]21. The van der Waals surface area contributed by atoms with E-state index in [1.807, 2.05) is 0 Å². The molecule has 3 heterocycles. The molecule has 4 rings (SSSR count). The van der Waals surface area contributed by atoms with Gasteiger partial charge in [0.05, 0.1) is 19.8 Å². The normalized spacial score (nSPS) is 26.1. The molecule has 3 aliphatic heterocycles. The number of esters is 3. The van der Waals surface area contributed by atoms with E-state index in [9.17, 15) is 19.2 Å². The van der Waals surface area contributed by atoms with Gasteiger partial charge in [-0.05, 0) is 51.8 Å². The third kappa shape index (κ3) is 6.39. The summed E-state index contributed by atoms with van der Waals surface area (Å²) in [5, 5.41) is 0. The number of hydrogen-bond donors (Lipinski definition) is 0. The number of anilines is 1. The van der Waals surface area contributed by atoms with Crippen molar-refractivity contribution in [2.24, 2.45) is 0 Å². The number of hydrogen-bond acceptors (Lipinski definition) is 11. The van der Waals surface area contributed by atoms with Crippen molar-refractivity contribution in [1.82, 2.24) is 4.90 Å². The molecule has 1 aromatic rings. The number of terminal acetylenes is 1. The van der Waals surface area contributed by atoms with E-state index in [2.05, 4.69) is 5.92 Å². The van der Waals surface area contributed by atoms with Crippen molar-refractivity contribution < 1.29 is 52.3 Å². The van der Waals surface area contributed by atoms with Crippen molar-refractivity contribution in [3.05, 3.63) is 29.8 Å². The molecule has 13 heteroatoms. The molecule has 3 saturated heterocycles. The third-order valence-corrected chi connectivity index (χ3v) is 7.62. The van der Waals surface area contributed by atoms with Gasteiger partial charge in [0.25, 0.3) is 5.60 Å². The highest BCUT2D eigenvalue weighted by Crippen LogP contribution is 2.45. The predicted octanol–water partition coefficient (Wildman–Crippen LogP) is 2.18. The van der Waals surface area contributed by atoms with Gasteiger partial charge in [-0.3, -0.25) is 9.69 Å². The zero-order valence-corrected chi connectivity index (χ0v) is 26.0. The molecule has 2 amide bonds. The number of rotatable bonds is 11. The van der Waals surface area contributed by atoms with Crippen molar-refractivity contribution in [1.29, 1.82) is 0 Å². The van der Waals surface area contributed by atoms with E-state index in [0.717, 1.165) is 6.42 Å². The van der Waals surface area contributed by atoms with Crippen LogP contribution < -0.4 is 4.90 Å². The van der Waals surface area contributed by atoms with Gasteiger partial charge in [-0.2, -0.15) is 0 Å². The first kappa shape index (κ1) is 33.2. The van der Waals surface area contributed by atoms with Crippen LogP contribution in [-0.4, -0.2) is 104 Å². The Kier molecular flexibility index (Phi) is 9.90. The Bertz CT molecular complexity index is 1270. The summed E-state index contributed by atoms with van der Waals surface area (Å²) in [6.45, 7) is 8.34. The number of ether oxygens (including phenoxy) is 7. The van der Waals surface area contributed by atoms with E-state index in [-0.39, 0.29) is 25.7 Å². The molecule has 240 valence electrons. The van der Waals surface area contributed by atoms with Crippen LogP contribution in [-0.2, 0) is 54.0 Å². The van der Waals surface area contributed by atoms with Crippen LogP contribution in [0.3, 0.4) is 0 Å². The fourth-order valence-corrected chi connectivity index (χ4v) is 5.59. The molecule has 0 aliphatic carbocycles. The Morgan fingerprint density at radius 2 is 1.70 bits per heavy atom. The average Bonchev–Trinajstić information content (AvgIpc) is 3.42. The number of fused-ring (bicyclic) bond motifs is 1. The quantitative estimate of drug-likeness (QED) is 0.156. The van der Waals surface area contributed by atoms with Crippen LogP contribution in [0.5, 0.6) is 0 Å². The molecule has 0 aromatic heterocycles. The minimum Gasteiger partial charge on any atom is -0.463 e. The lowest BCUT2D eigenvalue weighted by molar-refractivity contribution is -0.239. The van der Waals surface area contributed by atoms with Crippen molar-refractivity contribution in [3.8, 4) is 12.3 Å². The number of benzene rings is 1. The van der Waals surface area contributed by atoms with Gasteiger partial charge >= 0.3 is 23.9 Å². The largest absolute Gasteiger partial charge is 0.463 e. The zero-order valence-electron chi connectivity index (χ0n) is 26.0. The van der Waals surface area contributed by atoms with E-state index in [4.69, 9.17) is 39.6 Å². The summed E-state index contributed by atoms with van der Waals surface area (Å²) in [5.74, 6) is -1.27. The lowest BCUT2D eigenvalue weighted by atomic mass is 9.91. The second kappa shape index (κ2) is 13.1. The summed E-state index contributed by atoms with van der Waals surface area (Å²) in [6.07, 6.45) is 3.22. The van der Waals surface area contributed by atoms with E-state index < -0.39 is 60.0 Å². The van der Waals surface area contributed by atoms with Crippen LogP contribution in [0, 0.1) is 12.3 Å². The molecule has 13 nitrogen and oxygen atoms in total. The van der Waals surface area contributed by atoms with Crippen LogP contribution in [0.1, 0.15) is 46.6 Å². The van der Waals surface area contributed by atoms with Crippen molar-refractivity contribution in [2.75, 3.05) is 44.9 Å². The zero-order chi connectivity index (χ0) is 32.3. The summed E-state index contributed by atoms with van der Waals surface area (Å²) in [4.78, 5) is 55.2. The van der Waals surface area contributed by atoms with E-state index >= 15 is 0 Å². The number of urea groups is 1. The highest BCUT2D eigenvalue weighted by atomic mass is 16.8. The minimum atomic E-state index is -2.28. The van der Waals surface area contributed by atoms with E-state index in [1.165, 1.54) is 6.92 Å². The molecule has 4 atom stereocenters. The average molecular weight is 617 g/mol. The van der Waals surface area contributed by atoms with E-state index in [1.54, 1.807) is 68.8 Å². The minimum absolute atomic E-state index is 0.0462. The molecule has 1 aromatic carbocycles. The lowest BCUT2D eigenvalue weighted by Crippen LogP contribution is -2.57. The van der Waals surface area contributed by atoms with Crippen LogP contribution >= 0.6 is 0 Å². The van der Waals surface area contributed by atoms with Crippen LogP contribution in [0.25, 0.3) is 0 Å². The Labute approximate surface area is 256 Å². The summed E-state index contributed by atoms with van der Waals surface area (Å²) in [6, 6.07) is 6.73. The second-order valence-electron chi connectivity index (χ2n) is 11.2. The first-order valence-electron chi connectivity index (χ1n) is 14.6. The van der Waals surface area contributed by atoms with Crippen LogP contribution in [0.15, 0.2) is 24.3 Å². The van der Waals surface area contributed by atoms with Crippen LogP contribution in [0.4, 0.5) is 10.5 Å². The maximum Gasteiger partial charge on any atom is 0.350 e. The van der Waals surface area contributed by atoms with Crippen LogP contribution in [0.2, 0.25) is 0 Å². The molecular formula is C31H40N2O11. The predicted molar refractivity (Wildman–Crippen MR) is 154 cm³/mol. The van der Waals surface area contributed by atoms with Gasteiger partial charge in [-0.25, -0.2) is 14.4 Å². The third-order valence-electron chi connectivity index (χ3n) is 7.62. The number of carbonyl (C=O) groups excluding carboxylic acids is 4. The van der Waals surface area contributed by atoms with Gasteiger partial charge in [-0.15, -0.1) is 6.42 Å². The molecule has 3 fully saturated rings. The van der Waals surface area contributed by atoms with Gasteiger partial charge < -0.3 is 38.1 Å². The molecule has 0 saturated carbocycles. The van der Waals surface area contributed by atoms with Crippen molar-refractivity contribution >= 4 is 29.6 Å².